The predicted octanol–water partition coefficient (Wildman–Crippen LogP) is 2.07. The summed E-state index contributed by atoms with van der Waals surface area (Å²) >= 11 is 0. The fourth-order valence-corrected chi connectivity index (χ4v) is 4.58. The van der Waals surface area contributed by atoms with E-state index in [-0.39, 0.29) is 0 Å². The van der Waals surface area contributed by atoms with Crippen molar-refractivity contribution >= 4 is 37.7 Å². The largest absolute Gasteiger partial charge is 0.303 e. The number of nitrogens with zero attached hydrogens (tertiary/aromatic N) is 4. The van der Waals surface area contributed by atoms with Gasteiger partial charge >= 0.3 is 0 Å². The Kier molecular flexibility index (Phi) is 28.2. The normalized spacial score (nSPS) is 11.4. The first-order valence-electron chi connectivity index (χ1n) is 15.2. The second kappa shape index (κ2) is 29.8. The highest BCUT2D eigenvalue weighted by atomic mass is 16.1. The van der Waals surface area contributed by atoms with E-state index in [4.69, 9.17) is 0 Å². The Morgan fingerprint density at radius 2 is 0.400 bits per heavy atom. The van der Waals surface area contributed by atoms with Crippen LogP contribution < -0.4 is 0 Å². The minimum Gasteiger partial charge on any atom is -0.303 e. The first-order chi connectivity index (χ1) is 19.6. The average molecular weight is 567 g/mol. The summed E-state index contributed by atoms with van der Waals surface area (Å²) in [5.74, 6) is 0. The van der Waals surface area contributed by atoms with E-state index in [9.17, 15) is 28.8 Å². The van der Waals surface area contributed by atoms with Gasteiger partial charge in [0.05, 0.1) is 0 Å². The highest BCUT2D eigenvalue weighted by Gasteiger charge is 2.14. The molecule has 0 rings (SSSR count). The van der Waals surface area contributed by atoms with Crippen LogP contribution >= 0.6 is 0 Å². The van der Waals surface area contributed by atoms with Crippen molar-refractivity contribution in [2.75, 3.05) is 78.5 Å². The van der Waals surface area contributed by atoms with E-state index < -0.39 is 0 Å². The molecule has 10 heteroatoms. The molecule has 0 radical (unpaired) electrons. The summed E-state index contributed by atoms with van der Waals surface area (Å²) in [6.07, 6.45) is 13.7. The van der Waals surface area contributed by atoms with Crippen LogP contribution in [0, 0.1) is 0 Å². The third-order valence-corrected chi connectivity index (χ3v) is 6.98. The molecule has 0 saturated carbocycles. The molecule has 0 aromatic carbocycles. The number of rotatable bonds is 33. The van der Waals surface area contributed by atoms with Crippen molar-refractivity contribution in [2.45, 2.75) is 77.0 Å². The van der Waals surface area contributed by atoms with Crippen molar-refractivity contribution in [3.8, 4) is 0 Å². The minimum atomic E-state index is 0.529. The molecule has 0 N–H and O–H groups in total. The van der Waals surface area contributed by atoms with Crippen molar-refractivity contribution in [1.29, 1.82) is 0 Å². The van der Waals surface area contributed by atoms with Gasteiger partial charge in [-0.25, -0.2) is 0 Å². The Hall–Kier alpha value is -2.14. The summed E-state index contributed by atoms with van der Waals surface area (Å²) < 4.78 is 0. The molecule has 0 amide bonds. The third-order valence-electron chi connectivity index (χ3n) is 6.98. The van der Waals surface area contributed by atoms with Gasteiger partial charge in [0.15, 0.2) is 0 Å². The fourth-order valence-electron chi connectivity index (χ4n) is 4.58. The van der Waals surface area contributed by atoms with Gasteiger partial charge in [0.1, 0.15) is 37.7 Å². The molecule has 0 fully saturated rings. The average Bonchev–Trinajstić information content (AvgIpc) is 2.96. The maximum absolute atomic E-state index is 10.8. The number of hydrogen-bond acceptors (Lipinski definition) is 10. The number of unbranched alkanes of at least 4 members (excludes halogenated alkanes) is 6. The van der Waals surface area contributed by atoms with Gasteiger partial charge < -0.3 is 43.5 Å². The quantitative estimate of drug-likeness (QED) is 0.0864. The van der Waals surface area contributed by atoms with Gasteiger partial charge in [-0.3, -0.25) is 4.90 Å². The summed E-state index contributed by atoms with van der Waals surface area (Å²) in [6, 6.07) is 0. The first-order valence-corrected chi connectivity index (χ1v) is 15.2. The molecule has 0 aromatic heterocycles. The zero-order chi connectivity index (χ0) is 29.5. The molecule has 230 valence electrons. The Balaban J connectivity index is 5.33. The summed E-state index contributed by atoms with van der Waals surface area (Å²) in [6.45, 7) is 9.95. The van der Waals surface area contributed by atoms with Crippen molar-refractivity contribution in [2.24, 2.45) is 0 Å². The lowest BCUT2D eigenvalue weighted by atomic mass is 10.2. The van der Waals surface area contributed by atoms with E-state index in [2.05, 4.69) is 19.6 Å². The van der Waals surface area contributed by atoms with E-state index in [1.54, 1.807) is 0 Å². The Morgan fingerprint density at radius 3 is 0.550 bits per heavy atom. The number of carbonyl (C=O) groups is 6. The molecule has 0 aliphatic heterocycles. The Bertz CT molecular complexity index is 524. The molecule has 0 heterocycles. The first kappa shape index (κ1) is 37.9. The summed E-state index contributed by atoms with van der Waals surface area (Å²) in [5.41, 5.74) is 0. The lowest BCUT2D eigenvalue weighted by Crippen LogP contribution is -2.44. The zero-order valence-corrected chi connectivity index (χ0v) is 24.7. The molecule has 0 saturated heterocycles. The molecule has 40 heavy (non-hydrogen) atoms. The van der Waals surface area contributed by atoms with Crippen molar-refractivity contribution < 1.29 is 28.8 Å². The molecule has 0 aliphatic rings. The van der Waals surface area contributed by atoms with Gasteiger partial charge in [-0.05, 0) is 77.8 Å². The maximum Gasteiger partial charge on any atom is 0.120 e. The van der Waals surface area contributed by atoms with Gasteiger partial charge in [0, 0.05) is 77.8 Å². The summed E-state index contributed by atoms with van der Waals surface area (Å²) in [4.78, 5) is 74.4. The number of hydrogen-bond donors (Lipinski definition) is 0. The zero-order valence-electron chi connectivity index (χ0n) is 24.7. The topological polar surface area (TPSA) is 115 Å². The molecule has 0 aliphatic carbocycles. The van der Waals surface area contributed by atoms with E-state index >= 15 is 0 Å². The monoisotopic (exact) mass is 566 g/mol. The van der Waals surface area contributed by atoms with Gasteiger partial charge in [-0.1, -0.05) is 0 Å². The molecular formula is C30H54N4O6. The van der Waals surface area contributed by atoms with E-state index in [0.29, 0.717) is 38.5 Å². The standard InChI is InChI=1S/C30H54N4O6/c35-25-7-1-13-31(14-2-8-26-36)19-22-34(23-20-32(15-3-9-27-37)16-4-10-28-38)24-21-33(17-5-11-29-39)18-6-12-30-40/h25-30H,1-24H2. The lowest BCUT2D eigenvalue weighted by molar-refractivity contribution is -0.108. The Labute approximate surface area is 241 Å². The smallest absolute Gasteiger partial charge is 0.120 e. The van der Waals surface area contributed by atoms with Gasteiger partial charge in [-0.2, -0.15) is 0 Å². The van der Waals surface area contributed by atoms with Crippen LogP contribution in [-0.2, 0) is 28.8 Å². The molecule has 0 aromatic rings. The molecule has 0 unspecified atom stereocenters. The molecule has 0 spiro atoms. The van der Waals surface area contributed by atoms with Crippen LogP contribution in [0.15, 0.2) is 0 Å². The Morgan fingerprint density at radius 1 is 0.250 bits per heavy atom. The SMILES string of the molecule is O=CCCCN(CCCC=O)CCN(CCN(CCCC=O)CCCC=O)CCN(CCCC=O)CCCC=O. The predicted molar refractivity (Wildman–Crippen MR) is 158 cm³/mol. The molecule has 10 nitrogen and oxygen atoms in total. The second-order valence-electron chi connectivity index (χ2n) is 10.2. The van der Waals surface area contributed by atoms with Crippen LogP contribution in [0.3, 0.4) is 0 Å². The van der Waals surface area contributed by atoms with Crippen molar-refractivity contribution in [3.63, 3.8) is 0 Å². The van der Waals surface area contributed by atoms with Crippen LogP contribution in [0.25, 0.3) is 0 Å². The van der Waals surface area contributed by atoms with Gasteiger partial charge in [0.25, 0.3) is 0 Å². The fraction of sp³-hybridized carbons (Fsp3) is 0.800. The van der Waals surface area contributed by atoms with Gasteiger partial charge in [-0.15, -0.1) is 0 Å². The summed E-state index contributed by atoms with van der Waals surface area (Å²) in [7, 11) is 0. The number of carbonyl (C=O) groups excluding carboxylic acids is 6. The van der Waals surface area contributed by atoms with Crippen LogP contribution in [0.2, 0.25) is 0 Å². The molecular weight excluding hydrogens is 512 g/mol. The highest BCUT2D eigenvalue weighted by Crippen LogP contribution is 2.05. The van der Waals surface area contributed by atoms with Gasteiger partial charge in [0.2, 0.25) is 0 Å². The maximum atomic E-state index is 10.8. The molecule has 0 bridgehead atoms. The highest BCUT2D eigenvalue weighted by molar-refractivity contribution is 5.50. The van der Waals surface area contributed by atoms with Crippen LogP contribution in [0.1, 0.15) is 77.0 Å². The van der Waals surface area contributed by atoms with Crippen LogP contribution in [-0.4, -0.2) is 136 Å². The molecule has 0 atom stereocenters. The minimum absolute atomic E-state index is 0.529. The summed E-state index contributed by atoms with van der Waals surface area (Å²) in [5, 5.41) is 0. The van der Waals surface area contributed by atoms with Crippen molar-refractivity contribution in [1.82, 2.24) is 19.6 Å². The lowest BCUT2D eigenvalue weighted by Gasteiger charge is -2.32. The van der Waals surface area contributed by atoms with E-state index in [1.165, 1.54) is 0 Å². The number of aldehydes is 6. The van der Waals surface area contributed by atoms with E-state index in [0.717, 1.165) is 155 Å². The van der Waals surface area contributed by atoms with E-state index in [1.807, 2.05) is 0 Å². The van der Waals surface area contributed by atoms with Crippen LogP contribution in [0.5, 0.6) is 0 Å². The van der Waals surface area contributed by atoms with Crippen LogP contribution in [0.4, 0.5) is 0 Å². The van der Waals surface area contributed by atoms with Crippen molar-refractivity contribution in [3.05, 3.63) is 0 Å². The third kappa shape index (κ3) is 23.7. The second-order valence-corrected chi connectivity index (χ2v) is 10.2.